The molecule has 0 spiro atoms. The molecule has 4 nitrogen and oxygen atoms in total. The Hall–Kier alpha value is -0.490. The van der Waals surface area contributed by atoms with Gasteiger partial charge in [0.05, 0.1) is 6.54 Å². The van der Waals surface area contributed by atoms with Gasteiger partial charge in [0.1, 0.15) is 5.01 Å². The highest BCUT2D eigenvalue weighted by Gasteiger charge is 2.27. The number of hydrogen-bond donors (Lipinski definition) is 1. The lowest BCUT2D eigenvalue weighted by molar-refractivity contribution is 0.0695. The van der Waals surface area contributed by atoms with Crippen molar-refractivity contribution in [1.29, 1.82) is 0 Å². The molecule has 1 aromatic rings. The number of rotatable bonds is 3. The minimum Gasteiger partial charge on any atom is -0.314 e. The summed E-state index contributed by atoms with van der Waals surface area (Å²) < 4.78 is 0. The first-order valence-electron chi connectivity index (χ1n) is 5.97. The zero-order chi connectivity index (χ0) is 10.8. The van der Waals surface area contributed by atoms with E-state index in [1.807, 2.05) is 6.20 Å². The van der Waals surface area contributed by atoms with Crippen LogP contribution in [0.3, 0.4) is 0 Å². The third kappa shape index (κ3) is 2.27. The predicted molar refractivity (Wildman–Crippen MR) is 65.6 cm³/mol. The van der Waals surface area contributed by atoms with Crippen LogP contribution in [0.4, 0.5) is 0 Å². The van der Waals surface area contributed by atoms with Crippen LogP contribution < -0.4 is 5.32 Å². The second kappa shape index (κ2) is 4.79. The van der Waals surface area contributed by atoms with Crippen LogP contribution >= 0.6 is 11.3 Å². The van der Waals surface area contributed by atoms with Crippen LogP contribution in [0.1, 0.15) is 5.01 Å². The van der Waals surface area contributed by atoms with Gasteiger partial charge in [-0.2, -0.15) is 0 Å². The minimum absolute atomic E-state index is 0.807. The molecule has 2 aliphatic rings. The second-order valence-corrected chi connectivity index (χ2v) is 5.53. The summed E-state index contributed by atoms with van der Waals surface area (Å²) in [5.41, 5.74) is 0. The molecule has 3 heterocycles. The van der Waals surface area contributed by atoms with Gasteiger partial charge in [-0.1, -0.05) is 0 Å². The highest BCUT2D eigenvalue weighted by Crippen LogP contribution is 2.13. The Kier molecular flexibility index (Phi) is 3.19. The van der Waals surface area contributed by atoms with Crippen LogP contribution in [0.2, 0.25) is 0 Å². The summed E-state index contributed by atoms with van der Waals surface area (Å²) >= 11 is 1.76. The van der Waals surface area contributed by atoms with E-state index >= 15 is 0 Å². The third-order valence-electron chi connectivity index (χ3n) is 3.53. The van der Waals surface area contributed by atoms with Crippen molar-refractivity contribution in [2.24, 2.45) is 0 Å². The molecule has 88 valence electrons. The molecule has 5 heteroatoms. The average molecular weight is 238 g/mol. The van der Waals surface area contributed by atoms with E-state index in [2.05, 4.69) is 25.5 Å². The Morgan fingerprint density at radius 1 is 1.31 bits per heavy atom. The topological polar surface area (TPSA) is 31.4 Å². The maximum Gasteiger partial charge on any atom is 0.107 e. The smallest absolute Gasteiger partial charge is 0.107 e. The van der Waals surface area contributed by atoms with Gasteiger partial charge in [-0.25, -0.2) is 4.98 Å². The van der Waals surface area contributed by atoms with Crippen molar-refractivity contribution in [1.82, 2.24) is 20.1 Å². The summed E-state index contributed by atoms with van der Waals surface area (Å²) in [7, 11) is 0. The summed E-state index contributed by atoms with van der Waals surface area (Å²) in [5.74, 6) is 0. The minimum atomic E-state index is 0.807. The molecular formula is C11H18N4S. The summed E-state index contributed by atoms with van der Waals surface area (Å²) in [5, 5.41) is 6.65. The van der Waals surface area contributed by atoms with Crippen molar-refractivity contribution in [2.45, 2.75) is 12.6 Å². The maximum atomic E-state index is 4.35. The molecule has 0 aromatic carbocycles. The fourth-order valence-electron chi connectivity index (χ4n) is 2.34. The van der Waals surface area contributed by atoms with E-state index in [0.717, 1.165) is 12.6 Å². The van der Waals surface area contributed by atoms with Gasteiger partial charge in [-0.05, 0) is 0 Å². The van der Waals surface area contributed by atoms with Gasteiger partial charge < -0.3 is 5.32 Å². The van der Waals surface area contributed by atoms with Gasteiger partial charge in [-0.15, -0.1) is 11.3 Å². The van der Waals surface area contributed by atoms with Crippen molar-refractivity contribution in [3.8, 4) is 0 Å². The van der Waals surface area contributed by atoms with Crippen molar-refractivity contribution in [2.75, 3.05) is 39.3 Å². The fraction of sp³-hybridized carbons (Fsp3) is 0.727. The van der Waals surface area contributed by atoms with Crippen LogP contribution in [0, 0.1) is 0 Å². The van der Waals surface area contributed by atoms with Gasteiger partial charge in [0, 0.05) is 56.9 Å². The molecule has 1 aromatic heterocycles. The van der Waals surface area contributed by atoms with Crippen LogP contribution in [0.15, 0.2) is 11.6 Å². The SMILES string of the molecule is c1csc(CN2CCN(C3CNC3)CC2)n1. The van der Waals surface area contributed by atoms with E-state index in [1.54, 1.807) is 11.3 Å². The quantitative estimate of drug-likeness (QED) is 0.817. The zero-order valence-electron chi connectivity index (χ0n) is 9.43. The summed E-state index contributed by atoms with van der Waals surface area (Å²) in [6.07, 6.45) is 1.90. The van der Waals surface area contributed by atoms with Crippen molar-refractivity contribution >= 4 is 11.3 Å². The Morgan fingerprint density at radius 3 is 2.69 bits per heavy atom. The van der Waals surface area contributed by atoms with Crippen LogP contribution in [-0.2, 0) is 6.54 Å². The van der Waals surface area contributed by atoms with Gasteiger partial charge in [0.2, 0.25) is 0 Å². The van der Waals surface area contributed by atoms with E-state index in [-0.39, 0.29) is 0 Å². The van der Waals surface area contributed by atoms with Gasteiger partial charge in [0.15, 0.2) is 0 Å². The molecule has 2 fully saturated rings. The molecular weight excluding hydrogens is 220 g/mol. The van der Waals surface area contributed by atoms with Crippen molar-refractivity contribution in [3.05, 3.63) is 16.6 Å². The highest BCUT2D eigenvalue weighted by molar-refractivity contribution is 7.09. The molecule has 2 aliphatic heterocycles. The van der Waals surface area contributed by atoms with E-state index in [0.29, 0.717) is 0 Å². The molecule has 1 N–H and O–H groups in total. The molecule has 0 saturated carbocycles. The number of nitrogens with zero attached hydrogens (tertiary/aromatic N) is 3. The molecule has 0 atom stereocenters. The fourth-order valence-corrected chi connectivity index (χ4v) is 3.00. The van der Waals surface area contributed by atoms with E-state index in [4.69, 9.17) is 0 Å². The molecule has 0 unspecified atom stereocenters. The number of piperazine rings is 1. The van der Waals surface area contributed by atoms with E-state index in [1.165, 1.54) is 44.3 Å². The molecule has 0 aliphatic carbocycles. The van der Waals surface area contributed by atoms with E-state index in [9.17, 15) is 0 Å². The summed E-state index contributed by atoms with van der Waals surface area (Å²) in [4.78, 5) is 9.48. The predicted octanol–water partition coefficient (Wildman–Crippen LogP) is 0.232. The van der Waals surface area contributed by atoms with Gasteiger partial charge in [-0.3, -0.25) is 9.80 Å². The normalized spacial score (nSPS) is 24.5. The first-order valence-corrected chi connectivity index (χ1v) is 6.85. The Labute approximate surface area is 100 Å². The lowest BCUT2D eigenvalue weighted by Crippen LogP contribution is -2.61. The van der Waals surface area contributed by atoms with Crippen LogP contribution in [0.5, 0.6) is 0 Å². The van der Waals surface area contributed by atoms with Crippen LogP contribution in [0.25, 0.3) is 0 Å². The lowest BCUT2D eigenvalue weighted by Gasteiger charge is -2.43. The monoisotopic (exact) mass is 238 g/mol. The Balaban J connectivity index is 1.47. The summed E-state index contributed by atoms with van der Waals surface area (Å²) in [6, 6.07) is 0.807. The highest BCUT2D eigenvalue weighted by atomic mass is 32.1. The second-order valence-electron chi connectivity index (χ2n) is 4.55. The van der Waals surface area contributed by atoms with Gasteiger partial charge >= 0.3 is 0 Å². The van der Waals surface area contributed by atoms with Crippen LogP contribution in [-0.4, -0.2) is 60.1 Å². The molecule has 0 amide bonds. The first kappa shape index (κ1) is 10.7. The Morgan fingerprint density at radius 2 is 2.12 bits per heavy atom. The summed E-state index contributed by atoms with van der Waals surface area (Å²) in [6.45, 7) is 8.23. The molecule has 3 rings (SSSR count). The Bertz CT molecular complexity index is 315. The third-order valence-corrected chi connectivity index (χ3v) is 4.29. The van der Waals surface area contributed by atoms with Crippen molar-refractivity contribution in [3.63, 3.8) is 0 Å². The lowest BCUT2D eigenvalue weighted by atomic mass is 10.1. The number of thiazole rings is 1. The zero-order valence-corrected chi connectivity index (χ0v) is 10.2. The van der Waals surface area contributed by atoms with Crippen molar-refractivity contribution < 1.29 is 0 Å². The number of nitrogens with one attached hydrogen (secondary N) is 1. The molecule has 16 heavy (non-hydrogen) atoms. The standard InChI is InChI=1S/C11H18N4S/c1-6-16-11(13-1)9-14-2-4-15(5-3-14)10-7-12-8-10/h1,6,10,12H,2-5,7-9H2. The number of hydrogen-bond acceptors (Lipinski definition) is 5. The van der Waals surface area contributed by atoms with Gasteiger partial charge in [0.25, 0.3) is 0 Å². The molecule has 0 bridgehead atoms. The largest absolute Gasteiger partial charge is 0.314 e. The first-order chi connectivity index (χ1) is 7.92. The average Bonchev–Trinajstić information content (AvgIpc) is 2.71. The molecule has 0 radical (unpaired) electrons. The number of aromatic nitrogens is 1. The van der Waals surface area contributed by atoms with E-state index < -0.39 is 0 Å². The maximum absolute atomic E-state index is 4.35. The molecule has 2 saturated heterocycles.